The number of primary amides is 1. The molecule has 0 radical (unpaired) electrons. The molecule has 7 nitrogen and oxygen atoms in total. The van der Waals surface area contributed by atoms with E-state index >= 15 is 0 Å². The molecule has 0 spiro atoms. The van der Waals surface area contributed by atoms with E-state index in [2.05, 4.69) is 31.2 Å². The lowest BCUT2D eigenvalue weighted by molar-refractivity contribution is 0.0995. The molecule has 0 aliphatic heterocycles. The third-order valence-electron chi connectivity index (χ3n) is 5.15. The van der Waals surface area contributed by atoms with Gasteiger partial charge >= 0.3 is 0 Å². The van der Waals surface area contributed by atoms with Crippen molar-refractivity contribution in [1.29, 1.82) is 0 Å². The average molecular weight is 408 g/mol. The van der Waals surface area contributed by atoms with Crippen LogP contribution in [0.4, 0.5) is 5.69 Å². The van der Waals surface area contributed by atoms with E-state index < -0.39 is 5.91 Å². The van der Waals surface area contributed by atoms with Gasteiger partial charge in [0.15, 0.2) is 5.65 Å². The zero-order valence-corrected chi connectivity index (χ0v) is 18.6. The SMILES string of the molecule is Cc1c(NC(=O)c2cc(C(C)C)nc3c2c(C)nn3C(C)(C)C)cccc1C(N)=O. The molecule has 7 heteroatoms. The van der Waals surface area contributed by atoms with Crippen molar-refractivity contribution in [3.05, 3.63) is 52.3 Å². The minimum atomic E-state index is -0.528. The zero-order chi connectivity index (χ0) is 22.4. The van der Waals surface area contributed by atoms with Gasteiger partial charge in [-0.05, 0) is 64.3 Å². The number of pyridine rings is 1. The molecule has 3 aromatic rings. The van der Waals surface area contributed by atoms with Crippen molar-refractivity contribution in [1.82, 2.24) is 14.8 Å². The number of hydrogen-bond donors (Lipinski definition) is 2. The standard InChI is InChI=1S/C23H29N5O2/c1-12(2)18-11-16(19-14(4)27-28(21(19)25-18)23(5,6)7)22(30)26-17-10-8-9-15(13(17)3)20(24)29/h8-12H,1-7H3,(H2,24,29)(H,26,30). The van der Waals surface area contributed by atoms with Gasteiger partial charge in [-0.1, -0.05) is 19.9 Å². The lowest BCUT2D eigenvalue weighted by Gasteiger charge is -2.20. The molecule has 2 aromatic heterocycles. The van der Waals surface area contributed by atoms with Crippen molar-refractivity contribution >= 4 is 28.5 Å². The van der Waals surface area contributed by atoms with Crippen molar-refractivity contribution in [2.45, 2.75) is 59.9 Å². The quantitative estimate of drug-likeness (QED) is 0.674. The van der Waals surface area contributed by atoms with Gasteiger partial charge in [0.2, 0.25) is 5.91 Å². The van der Waals surface area contributed by atoms with Gasteiger partial charge in [0.1, 0.15) is 0 Å². The van der Waals surface area contributed by atoms with Crippen LogP contribution in [0.25, 0.3) is 11.0 Å². The number of benzene rings is 1. The summed E-state index contributed by atoms with van der Waals surface area (Å²) in [5.41, 5.74) is 9.50. The van der Waals surface area contributed by atoms with E-state index in [0.717, 1.165) is 16.8 Å². The molecule has 0 bridgehead atoms. The summed E-state index contributed by atoms with van der Waals surface area (Å²) in [4.78, 5) is 29.8. The highest BCUT2D eigenvalue weighted by molar-refractivity contribution is 6.13. The Bertz CT molecular complexity index is 1150. The smallest absolute Gasteiger partial charge is 0.256 e. The van der Waals surface area contributed by atoms with E-state index in [1.165, 1.54) is 0 Å². The maximum atomic E-state index is 13.4. The largest absolute Gasteiger partial charge is 0.366 e. The second-order valence-corrected chi connectivity index (χ2v) is 8.91. The summed E-state index contributed by atoms with van der Waals surface area (Å²) in [5.74, 6) is -0.658. The third kappa shape index (κ3) is 3.79. The van der Waals surface area contributed by atoms with Crippen LogP contribution in [-0.2, 0) is 5.54 Å². The molecular formula is C23H29N5O2. The van der Waals surface area contributed by atoms with E-state index in [1.807, 2.05) is 31.5 Å². The van der Waals surface area contributed by atoms with Crippen LogP contribution in [0.3, 0.4) is 0 Å². The fourth-order valence-electron chi connectivity index (χ4n) is 3.48. The summed E-state index contributed by atoms with van der Waals surface area (Å²) in [7, 11) is 0. The van der Waals surface area contributed by atoms with Gasteiger partial charge in [0.25, 0.3) is 5.91 Å². The zero-order valence-electron chi connectivity index (χ0n) is 18.6. The number of amides is 2. The average Bonchev–Trinajstić information content (AvgIpc) is 2.99. The Morgan fingerprint density at radius 2 is 1.80 bits per heavy atom. The molecule has 3 N–H and O–H groups in total. The summed E-state index contributed by atoms with van der Waals surface area (Å²) in [5, 5.41) is 8.36. The van der Waals surface area contributed by atoms with Crippen molar-refractivity contribution in [2.75, 3.05) is 5.32 Å². The predicted octanol–water partition coefficient (Wildman–Crippen LogP) is 4.28. The van der Waals surface area contributed by atoms with Crippen molar-refractivity contribution in [3.63, 3.8) is 0 Å². The number of carbonyl (C=O) groups is 2. The highest BCUT2D eigenvalue weighted by Crippen LogP contribution is 2.30. The van der Waals surface area contributed by atoms with Crippen molar-refractivity contribution in [3.8, 4) is 0 Å². The molecule has 2 amide bonds. The first kappa shape index (κ1) is 21.5. The normalized spacial score (nSPS) is 11.9. The fraction of sp³-hybridized carbons (Fsp3) is 0.391. The number of aryl methyl sites for hydroxylation is 1. The van der Waals surface area contributed by atoms with Crippen molar-refractivity contribution in [2.24, 2.45) is 5.73 Å². The first-order chi connectivity index (χ1) is 13.9. The minimum Gasteiger partial charge on any atom is -0.366 e. The number of aromatic nitrogens is 3. The van der Waals surface area contributed by atoms with Gasteiger partial charge < -0.3 is 11.1 Å². The van der Waals surface area contributed by atoms with E-state index in [4.69, 9.17) is 10.7 Å². The lowest BCUT2D eigenvalue weighted by Crippen LogP contribution is -2.24. The summed E-state index contributed by atoms with van der Waals surface area (Å²) in [6.07, 6.45) is 0. The molecule has 0 saturated heterocycles. The Labute approximate surface area is 176 Å². The summed E-state index contributed by atoms with van der Waals surface area (Å²) < 4.78 is 1.87. The van der Waals surface area contributed by atoms with Gasteiger partial charge in [-0.25, -0.2) is 9.67 Å². The monoisotopic (exact) mass is 407 g/mol. The third-order valence-corrected chi connectivity index (χ3v) is 5.15. The number of rotatable bonds is 4. The van der Waals surface area contributed by atoms with E-state index in [-0.39, 0.29) is 17.4 Å². The topological polar surface area (TPSA) is 103 Å². The van der Waals surface area contributed by atoms with Gasteiger partial charge in [-0.15, -0.1) is 0 Å². The molecule has 0 saturated carbocycles. The molecule has 3 rings (SSSR count). The lowest BCUT2D eigenvalue weighted by atomic mass is 10.0. The fourth-order valence-corrected chi connectivity index (χ4v) is 3.48. The molecule has 0 fully saturated rings. The summed E-state index contributed by atoms with van der Waals surface area (Å²) in [6, 6.07) is 6.93. The van der Waals surface area contributed by atoms with Crippen LogP contribution < -0.4 is 11.1 Å². The number of nitrogens with zero attached hydrogens (tertiary/aromatic N) is 3. The van der Waals surface area contributed by atoms with Crippen LogP contribution in [0.1, 0.15) is 78.2 Å². The van der Waals surface area contributed by atoms with Gasteiger partial charge in [0, 0.05) is 16.9 Å². The number of carbonyl (C=O) groups excluding carboxylic acids is 2. The Balaban J connectivity index is 2.18. The number of nitrogens with one attached hydrogen (secondary N) is 1. The van der Waals surface area contributed by atoms with Crippen molar-refractivity contribution < 1.29 is 9.59 Å². The summed E-state index contributed by atoms with van der Waals surface area (Å²) in [6.45, 7) is 13.9. The second-order valence-electron chi connectivity index (χ2n) is 8.91. The van der Waals surface area contributed by atoms with Crippen LogP contribution in [0.2, 0.25) is 0 Å². The van der Waals surface area contributed by atoms with Gasteiger partial charge in [-0.3, -0.25) is 9.59 Å². The van der Waals surface area contributed by atoms with Crippen LogP contribution in [0.15, 0.2) is 24.3 Å². The summed E-state index contributed by atoms with van der Waals surface area (Å²) >= 11 is 0. The molecule has 0 atom stereocenters. The molecule has 1 aromatic carbocycles. The Morgan fingerprint density at radius 3 is 2.37 bits per heavy atom. The number of anilines is 1. The van der Waals surface area contributed by atoms with Gasteiger partial charge in [-0.2, -0.15) is 5.10 Å². The van der Waals surface area contributed by atoms with E-state index in [9.17, 15) is 9.59 Å². The Kier molecular flexibility index (Phi) is 5.41. The molecule has 0 aliphatic rings. The Morgan fingerprint density at radius 1 is 1.13 bits per heavy atom. The first-order valence-electron chi connectivity index (χ1n) is 10.0. The minimum absolute atomic E-state index is 0.143. The van der Waals surface area contributed by atoms with Gasteiger partial charge in [0.05, 0.1) is 22.2 Å². The van der Waals surface area contributed by atoms with Crippen LogP contribution in [0, 0.1) is 13.8 Å². The molecule has 2 heterocycles. The number of fused-ring (bicyclic) bond motifs is 1. The molecule has 0 aliphatic carbocycles. The Hall–Kier alpha value is -3.22. The van der Waals surface area contributed by atoms with Crippen LogP contribution >= 0.6 is 0 Å². The van der Waals surface area contributed by atoms with E-state index in [0.29, 0.717) is 28.0 Å². The first-order valence-corrected chi connectivity index (χ1v) is 10.0. The van der Waals surface area contributed by atoms with E-state index in [1.54, 1.807) is 25.1 Å². The molecular weight excluding hydrogens is 378 g/mol. The van der Waals surface area contributed by atoms with Crippen LogP contribution in [0.5, 0.6) is 0 Å². The predicted molar refractivity (Wildman–Crippen MR) is 119 cm³/mol. The molecule has 30 heavy (non-hydrogen) atoms. The maximum Gasteiger partial charge on any atom is 0.256 e. The number of hydrogen-bond acceptors (Lipinski definition) is 4. The highest BCUT2D eigenvalue weighted by atomic mass is 16.2. The second kappa shape index (κ2) is 7.55. The highest BCUT2D eigenvalue weighted by Gasteiger charge is 2.25. The van der Waals surface area contributed by atoms with Crippen LogP contribution in [-0.4, -0.2) is 26.6 Å². The number of nitrogens with two attached hydrogens (primary N) is 1. The molecule has 158 valence electrons. The maximum absolute atomic E-state index is 13.4. The molecule has 0 unspecified atom stereocenters.